The van der Waals surface area contributed by atoms with Crippen molar-refractivity contribution in [1.29, 1.82) is 0 Å². The molecule has 0 aliphatic rings. The second-order valence-electron chi connectivity index (χ2n) is 4.79. The maximum atomic E-state index is 11.6. The first kappa shape index (κ1) is 13.5. The Bertz CT molecular complexity index is 391. The van der Waals surface area contributed by atoms with Gasteiger partial charge >= 0.3 is 5.97 Å². The van der Waals surface area contributed by atoms with Gasteiger partial charge in [0.05, 0.1) is 18.7 Å². The summed E-state index contributed by atoms with van der Waals surface area (Å²) in [6, 6.07) is 1.76. The first-order chi connectivity index (χ1) is 7.81. The summed E-state index contributed by atoms with van der Waals surface area (Å²) < 4.78 is 12.1. The Kier molecular flexibility index (Phi) is 4.15. The second kappa shape index (κ2) is 5.21. The van der Waals surface area contributed by atoms with Crippen molar-refractivity contribution >= 4 is 5.97 Å². The molecule has 5 heteroatoms. The highest BCUT2D eigenvalue weighted by Crippen LogP contribution is 2.14. The summed E-state index contributed by atoms with van der Waals surface area (Å²) in [6.45, 7) is 7.99. The Morgan fingerprint density at radius 2 is 2.12 bits per heavy atom. The Labute approximate surface area is 102 Å². The van der Waals surface area contributed by atoms with E-state index in [2.05, 4.69) is 5.10 Å². The lowest BCUT2D eigenvalue weighted by Gasteiger charge is -2.19. The summed E-state index contributed by atoms with van der Waals surface area (Å²) in [5.41, 5.74) is 0.320. The van der Waals surface area contributed by atoms with Crippen molar-refractivity contribution in [3.8, 4) is 5.88 Å². The smallest absolute Gasteiger partial charge is 0.312 e. The SMILES string of the molecule is CCOc1cc(CC(=O)OC(C)(C)C)n(C)n1. The largest absolute Gasteiger partial charge is 0.477 e. The molecule has 0 aliphatic carbocycles. The van der Waals surface area contributed by atoms with Crippen LogP contribution in [0.1, 0.15) is 33.4 Å². The normalized spacial score (nSPS) is 11.4. The summed E-state index contributed by atoms with van der Waals surface area (Å²) in [5.74, 6) is 0.275. The van der Waals surface area contributed by atoms with Crippen LogP contribution in [0.3, 0.4) is 0 Å². The molecule has 0 saturated carbocycles. The third-order valence-electron chi connectivity index (χ3n) is 1.99. The monoisotopic (exact) mass is 240 g/mol. The molecule has 5 nitrogen and oxygen atoms in total. The predicted octanol–water partition coefficient (Wildman–Crippen LogP) is 1.70. The number of carbonyl (C=O) groups excluding carboxylic acids is 1. The molecule has 0 spiro atoms. The summed E-state index contributed by atoms with van der Waals surface area (Å²) in [5, 5.41) is 4.14. The Morgan fingerprint density at radius 3 is 2.65 bits per heavy atom. The zero-order valence-corrected chi connectivity index (χ0v) is 11.1. The van der Waals surface area contributed by atoms with E-state index in [-0.39, 0.29) is 12.4 Å². The maximum absolute atomic E-state index is 11.6. The van der Waals surface area contributed by atoms with Crippen LogP contribution in [-0.4, -0.2) is 28.0 Å². The van der Waals surface area contributed by atoms with Crippen LogP contribution >= 0.6 is 0 Å². The zero-order valence-electron chi connectivity index (χ0n) is 11.1. The minimum atomic E-state index is -0.460. The van der Waals surface area contributed by atoms with E-state index < -0.39 is 5.60 Å². The Hall–Kier alpha value is -1.52. The fourth-order valence-electron chi connectivity index (χ4n) is 1.39. The van der Waals surface area contributed by atoms with E-state index in [0.29, 0.717) is 12.5 Å². The quantitative estimate of drug-likeness (QED) is 0.752. The van der Waals surface area contributed by atoms with Crippen LogP contribution in [0.15, 0.2) is 6.07 Å². The van der Waals surface area contributed by atoms with Crippen molar-refractivity contribution in [2.45, 2.75) is 39.7 Å². The number of aromatic nitrogens is 2. The third-order valence-corrected chi connectivity index (χ3v) is 1.99. The molecule has 1 aromatic heterocycles. The van der Waals surface area contributed by atoms with E-state index in [4.69, 9.17) is 9.47 Å². The van der Waals surface area contributed by atoms with Gasteiger partial charge in [0, 0.05) is 13.1 Å². The number of carbonyl (C=O) groups is 1. The lowest BCUT2D eigenvalue weighted by Crippen LogP contribution is -2.25. The molecule has 0 atom stereocenters. The molecule has 96 valence electrons. The lowest BCUT2D eigenvalue weighted by atomic mass is 10.2. The van der Waals surface area contributed by atoms with E-state index in [1.54, 1.807) is 17.8 Å². The molecule has 0 bridgehead atoms. The fourth-order valence-corrected chi connectivity index (χ4v) is 1.39. The lowest BCUT2D eigenvalue weighted by molar-refractivity contribution is -0.154. The molecule has 1 rings (SSSR count). The molecule has 0 unspecified atom stereocenters. The van der Waals surface area contributed by atoms with Gasteiger partial charge < -0.3 is 9.47 Å². The molecule has 1 aromatic rings. The second-order valence-corrected chi connectivity index (χ2v) is 4.79. The van der Waals surface area contributed by atoms with Gasteiger partial charge in [0.25, 0.3) is 0 Å². The maximum Gasteiger partial charge on any atom is 0.312 e. The summed E-state index contributed by atoms with van der Waals surface area (Å²) in [7, 11) is 1.78. The molecule has 1 heterocycles. The highest BCUT2D eigenvalue weighted by atomic mass is 16.6. The topological polar surface area (TPSA) is 53.4 Å². The molecular weight excluding hydrogens is 220 g/mol. The predicted molar refractivity (Wildman–Crippen MR) is 63.9 cm³/mol. The van der Waals surface area contributed by atoms with Crippen LogP contribution in [-0.2, 0) is 23.0 Å². The number of esters is 1. The van der Waals surface area contributed by atoms with E-state index in [9.17, 15) is 4.79 Å². The summed E-state index contributed by atoms with van der Waals surface area (Å²) in [6.07, 6.45) is 0.202. The van der Waals surface area contributed by atoms with Crippen LogP contribution < -0.4 is 4.74 Å². The van der Waals surface area contributed by atoms with Gasteiger partial charge in [0.1, 0.15) is 5.60 Å². The first-order valence-electron chi connectivity index (χ1n) is 5.69. The van der Waals surface area contributed by atoms with Gasteiger partial charge in [-0.05, 0) is 27.7 Å². The van der Waals surface area contributed by atoms with Gasteiger partial charge in [-0.25, -0.2) is 0 Å². The van der Waals surface area contributed by atoms with Gasteiger partial charge in [-0.3, -0.25) is 9.48 Å². The van der Waals surface area contributed by atoms with Gasteiger partial charge in [-0.1, -0.05) is 0 Å². The number of hydrogen-bond acceptors (Lipinski definition) is 4. The standard InChI is InChI=1S/C12H20N2O3/c1-6-16-10-7-9(14(5)13-10)8-11(15)17-12(2,3)4/h7H,6,8H2,1-5H3. The van der Waals surface area contributed by atoms with Gasteiger partial charge in [0.2, 0.25) is 5.88 Å². The van der Waals surface area contributed by atoms with Gasteiger partial charge in [-0.15, -0.1) is 5.10 Å². The minimum absolute atomic E-state index is 0.202. The summed E-state index contributed by atoms with van der Waals surface area (Å²) in [4.78, 5) is 11.6. The van der Waals surface area contributed by atoms with Crippen molar-refractivity contribution in [3.05, 3.63) is 11.8 Å². The Morgan fingerprint density at radius 1 is 1.47 bits per heavy atom. The number of aryl methyl sites for hydroxylation is 1. The van der Waals surface area contributed by atoms with Crippen molar-refractivity contribution < 1.29 is 14.3 Å². The number of rotatable bonds is 4. The third kappa shape index (κ3) is 4.46. The molecule has 0 saturated heterocycles. The van der Waals surface area contributed by atoms with Crippen LogP contribution in [0.25, 0.3) is 0 Å². The molecular formula is C12H20N2O3. The van der Waals surface area contributed by atoms with E-state index in [0.717, 1.165) is 5.69 Å². The molecule has 0 radical (unpaired) electrons. The highest BCUT2D eigenvalue weighted by molar-refractivity contribution is 5.72. The minimum Gasteiger partial charge on any atom is -0.477 e. The van der Waals surface area contributed by atoms with E-state index in [1.165, 1.54) is 0 Å². The molecule has 0 N–H and O–H groups in total. The molecule has 0 fully saturated rings. The zero-order chi connectivity index (χ0) is 13.1. The average molecular weight is 240 g/mol. The van der Waals surface area contributed by atoms with Crippen LogP contribution in [0.2, 0.25) is 0 Å². The highest BCUT2D eigenvalue weighted by Gasteiger charge is 2.18. The summed E-state index contributed by atoms with van der Waals surface area (Å²) >= 11 is 0. The molecule has 0 amide bonds. The van der Waals surface area contributed by atoms with Crippen LogP contribution in [0, 0.1) is 0 Å². The van der Waals surface area contributed by atoms with Crippen molar-refractivity contribution in [2.75, 3.05) is 6.61 Å². The molecule has 17 heavy (non-hydrogen) atoms. The van der Waals surface area contributed by atoms with Crippen molar-refractivity contribution in [3.63, 3.8) is 0 Å². The van der Waals surface area contributed by atoms with E-state index in [1.807, 2.05) is 27.7 Å². The first-order valence-corrected chi connectivity index (χ1v) is 5.69. The van der Waals surface area contributed by atoms with Crippen LogP contribution in [0.5, 0.6) is 5.88 Å². The van der Waals surface area contributed by atoms with E-state index >= 15 is 0 Å². The Balaban J connectivity index is 2.65. The number of ether oxygens (including phenoxy) is 2. The fraction of sp³-hybridized carbons (Fsp3) is 0.667. The number of nitrogens with zero attached hydrogens (tertiary/aromatic N) is 2. The van der Waals surface area contributed by atoms with Gasteiger partial charge in [0.15, 0.2) is 0 Å². The van der Waals surface area contributed by atoms with Crippen molar-refractivity contribution in [2.24, 2.45) is 7.05 Å². The van der Waals surface area contributed by atoms with Crippen molar-refractivity contribution in [1.82, 2.24) is 9.78 Å². The van der Waals surface area contributed by atoms with Crippen LogP contribution in [0.4, 0.5) is 0 Å². The molecule has 0 aromatic carbocycles. The molecule has 0 aliphatic heterocycles. The average Bonchev–Trinajstić information content (AvgIpc) is 2.44. The van der Waals surface area contributed by atoms with Gasteiger partial charge in [-0.2, -0.15) is 0 Å². The number of hydrogen-bond donors (Lipinski definition) is 0.